The van der Waals surface area contributed by atoms with Crippen molar-refractivity contribution in [3.05, 3.63) is 92.1 Å². The van der Waals surface area contributed by atoms with E-state index in [2.05, 4.69) is 5.32 Å². The molecular formula is C20H13ClF2N2O3S2. The lowest BCUT2D eigenvalue weighted by molar-refractivity contribution is 0.104. The van der Waals surface area contributed by atoms with E-state index in [-0.39, 0.29) is 22.8 Å². The Morgan fingerprint density at radius 3 is 2.53 bits per heavy atom. The number of nitrogens with one attached hydrogen (secondary N) is 1. The van der Waals surface area contributed by atoms with Gasteiger partial charge in [0.2, 0.25) is 5.78 Å². The summed E-state index contributed by atoms with van der Waals surface area (Å²) in [5.74, 6) is -2.38. The fourth-order valence-electron chi connectivity index (χ4n) is 2.96. The summed E-state index contributed by atoms with van der Waals surface area (Å²) >= 11 is 7.00. The molecule has 1 aliphatic heterocycles. The van der Waals surface area contributed by atoms with Gasteiger partial charge in [0.05, 0.1) is 17.9 Å². The van der Waals surface area contributed by atoms with Gasteiger partial charge in [-0.1, -0.05) is 23.7 Å². The first kappa shape index (κ1) is 20.5. The fraction of sp³-hybridized carbons (Fsp3) is 0.0500. The maximum absolute atomic E-state index is 13.9. The van der Waals surface area contributed by atoms with Gasteiger partial charge in [-0.25, -0.2) is 17.2 Å². The minimum atomic E-state index is -4.24. The number of hydrogen-bond acceptors (Lipinski definition) is 5. The van der Waals surface area contributed by atoms with E-state index in [1.807, 2.05) is 0 Å². The van der Waals surface area contributed by atoms with Gasteiger partial charge >= 0.3 is 0 Å². The summed E-state index contributed by atoms with van der Waals surface area (Å²) in [5.41, 5.74) is 0.796. The first-order valence-corrected chi connectivity index (χ1v) is 11.3. The normalized spacial score (nSPS) is 16.6. The van der Waals surface area contributed by atoms with Gasteiger partial charge in [0, 0.05) is 17.3 Å². The second-order valence-electron chi connectivity index (χ2n) is 6.38. The molecule has 154 valence electrons. The SMILES string of the molecule is O=C1/C(=C/Nc2ccc(F)cc2F)S(=O)(=O)N(Cc2ccc(Cl)cc2)c2ccsc21. The second-order valence-corrected chi connectivity index (χ2v) is 9.56. The number of allylic oxidation sites excluding steroid dienone is 1. The summed E-state index contributed by atoms with van der Waals surface area (Å²) in [6.07, 6.45) is 0.936. The Morgan fingerprint density at radius 1 is 1.10 bits per heavy atom. The molecule has 4 rings (SSSR count). The fourth-order valence-corrected chi connectivity index (χ4v) is 5.57. The lowest BCUT2D eigenvalue weighted by atomic mass is 10.2. The van der Waals surface area contributed by atoms with Gasteiger partial charge in [0.1, 0.15) is 16.5 Å². The summed E-state index contributed by atoms with van der Waals surface area (Å²) in [5, 5.41) is 4.61. The molecule has 30 heavy (non-hydrogen) atoms. The van der Waals surface area contributed by atoms with Crippen LogP contribution in [0.4, 0.5) is 20.2 Å². The van der Waals surface area contributed by atoms with Crippen molar-refractivity contribution < 1.29 is 22.0 Å². The molecule has 0 fully saturated rings. The molecule has 10 heteroatoms. The number of Topliss-reactive ketones (excluding diaryl/α,β-unsaturated/α-hetero) is 1. The average Bonchev–Trinajstić information content (AvgIpc) is 3.17. The first-order valence-electron chi connectivity index (χ1n) is 8.58. The van der Waals surface area contributed by atoms with Gasteiger partial charge in [-0.2, -0.15) is 0 Å². The van der Waals surface area contributed by atoms with Gasteiger partial charge in [0.15, 0.2) is 4.91 Å². The third kappa shape index (κ3) is 3.71. The van der Waals surface area contributed by atoms with Crippen LogP contribution in [0.25, 0.3) is 0 Å². The van der Waals surface area contributed by atoms with Crippen LogP contribution >= 0.6 is 22.9 Å². The van der Waals surface area contributed by atoms with Crippen molar-refractivity contribution in [2.75, 3.05) is 9.62 Å². The number of ketones is 1. The number of nitrogens with zero attached hydrogens (tertiary/aromatic N) is 1. The van der Waals surface area contributed by atoms with Crippen LogP contribution in [0.15, 0.2) is 65.0 Å². The Hall–Kier alpha value is -2.75. The average molecular weight is 467 g/mol. The Balaban J connectivity index is 1.74. The van der Waals surface area contributed by atoms with Gasteiger partial charge in [-0.15, -0.1) is 11.3 Å². The summed E-state index contributed by atoms with van der Waals surface area (Å²) in [6.45, 7) is -0.0151. The molecule has 1 aliphatic rings. The molecule has 0 saturated carbocycles. The molecule has 1 aromatic heterocycles. The van der Waals surface area contributed by atoms with E-state index in [1.165, 1.54) is 0 Å². The molecule has 0 radical (unpaired) electrons. The maximum Gasteiger partial charge on any atom is 0.270 e. The standard InChI is InChI=1S/C20H13ClF2N2O3S2/c21-13-3-1-12(2-4-13)11-25-17-7-8-29-20(17)19(26)18(30(25,27)28)10-24-16-6-5-14(22)9-15(16)23/h1-10,24H,11H2/b18-10-. The van der Waals surface area contributed by atoms with Crippen molar-refractivity contribution in [3.8, 4) is 0 Å². The highest BCUT2D eigenvalue weighted by Gasteiger charge is 2.41. The molecule has 0 bridgehead atoms. The number of fused-ring (bicyclic) bond motifs is 1. The number of anilines is 2. The highest BCUT2D eigenvalue weighted by molar-refractivity contribution is 7.97. The lowest BCUT2D eigenvalue weighted by Gasteiger charge is -2.29. The smallest absolute Gasteiger partial charge is 0.270 e. The molecule has 5 nitrogen and oxygen atoms in total. The second kappa shape index (κ2) is 7.82. The van der Waals surface area contributed by atoms with Crippen LogP contribution in [-0.2, 0) is 16.6 Å². The number of benzene rings is 2. The zero-order chi connectivity index (χ0) is 21.5. The Morgan fingerprint density at radius 2 is 1.83 bits per heavy atom. The van der Waals surface area contributed by atoms with E-state index < -0.39 is 32.3 Å². The van der Waals surface area contributed by atoms with Gasteiger partial charge in [0.25, 0.3) is 10.0 Å². The molecule has 2 aromatic carbocycles. The highest BCUT2D eigenvalue weighted by Crippen LogP contribution is 2.39. The third-order valence-corrected chi connectivity index (χ3v) is 7.36. The largest absolute Gasteiger partial charge is 0.358 e. The number of halogens is 3. The number of hydrogen-bond donors (Lipinski definition) is 1. The van der Waals surface area contributed by atoms with E-state index >= 15 is 0 Å². The van der Waals surface area contributed by atoms with Crippen LogP contribution in [0.5, 0.6) is 0 Å². The van der Waals surface area contributed by atoms with Crippen molar-refractivity contribution in [3.63, 3.8) is 0 Å². The van der Waals surface area contributed by atoms with E-state index in [0.717, 1.165) is 34.0 Å². The summed E-state index contributed by atoms with van der Waals surface area (Å²) in [4.78, 5) is 12.5. The van der Waals surface area contributed by atoms with Gasteiger partial charge in [-0.3, -0.25) is 9.10 Å². The first-order chi connectivity index (χ1) is 14.3. The Kier molecular flexibility index (Phi) is 5.35. The number of thiophene rings is 1. The molecule has 0 spiro atoms. The van der Waals surface area contributed by atoms with Crippen LogP contribution < -0.4 is 9.62 Å². The van der Waals surface area contributed by atoms with E-state index in [9.17, 15) is 22.0 Å². The molecule has 1 N–H and O–H groups in total. The zero-order valence-electron chi connectivity index (χ0n) is 15.1. The number of rotatable bonds is 4. The van der Waals surface area contributed by atoms with Gasteiger partial charge < -0.3 is 5.32 Å². The predicted molar refractivity (Wildman–Crippen MR) is 113 cm³/mol. The van der Waals surface area contributed by atoms with E-state index in [1.54, 1.807) is 35.7 Å². The molecule has 3 aromatic rings. The number of carbonyl (C=O) groups excluding carboxylic acids is 1. The molecule has 0 atom stereocenters. The van der Waals surface area contributed by atoms with Crippen molar-refractivity contribution in [2.24, 2.45) is 0 Å². The summed E-state index contributed by atoms with van der Waals surface area (Å²) in [6, 6.07) is 11.0. The van der Waals surface area contributed by atoms with Crippen molar-refractivity contribution in [1.29, 1.82) is 0 Å². The van der Waals surface area contributed by atoms with Gasteiger partial charge in [-0.05, 0) is 41.3 Å². The monoisotopic (exact) mass is 466 g/mol. The number of sulfonamides is 1. The number of carbonyl (C=O) groups is 1. The summed E-state index contributed by atoms with van der Waals surface area (Å²) in [7, 11) is -4.24. The van der Waals surface area contributed by atoms with Crippen LogP contribution in [-0.4, -0.2) is 14.2 Å². The quantitative estimate of drug-likeness (QED) is 0.539. The highest BCUT2D eigenvalue weighted by atomic mass is 35.5. The molecule has 0 unspecified atom stereocenters. The molecule has 0 saturated heterocycles. The van der Waals surface area contributed by atoms with Crippen LogP contribution in [0.3, 0.4) is 0 Å². The Labute approximate surface area is 180 Å². The maximum atomic E-state index is 13.9. The minimum absolute atomic E-state index is 0.0151. The topological polar surface area (TPSA) is 66.5 Å². The van der Waals surface area contributed by atoms with Crippen molar-refractivity contribution >= 4 is 50.1 Å². The van der Waals surface area contributed by atoms with Crippen molar-refractivity contribution in [2.45, 2.75) is 6.54 Å². The minimum Gasteiger partial charge on any atom is -0.358 e. The Bertz CT molecular complexity index is 1270. The lowest BCUT2D eigenvalue weighted by Crippen LogP contribution is -2.38. The zero-order valence-corrected chi connectivity index (χ0v) is 17.5. The van der Waals surface area contributed by atoms with E-state index in [0.29, 0.717) is 16.7 Å². The van der Waals surface area contributed by atoms with Crippen molar-refractivity contribution in [1.82, 2.24) is 0 Å². The molecular weight excluding hydrogens is 454 g/mol. The van der Waals surface area contributed by atoms with Crippen LogP contribution in [0.1, 0.15) is 15.2 Å². The third-order valence-electron chi connectivity index (χ3n) is 4.44. The molecule has 2 heterocycles. The van der Waals surface area contributed by atoms with E-state index in [4.69, 9.17) is 11.6 Å². The van der Waals surface area contributed by atoms with Crippen LogP contribution in [0.2, 0.25) is 5.02 Å². The molecule has 0 amide bonds. The summed E-state index contributed by atoms with van der Waals surface area (Å²) < 4.78 is 54.6. The van der Waals surface area contributed by atoms with Crippen LogP contribution in [0, 0.1) is 11.6 Å². The molecule has 0 aliphatic carbocycles. The predicted octanol–water partition coefficient (Wildman–Crippen LogP) is 5.17.